The lowest BCUT2D eigenvalue weighted by atomic mass is 9.58. The predicted octanol–water partition coefficient (Wildman–Crippen LogP) is 5.91. The highest BCUT2D eigenvalue weighted by molar-refractivity contribution is 5.35. The van der Waals surface area contributed by atoms with Crippen LogP contribution < -0.4 is 0 Å². The molecule has 1 N–H and O–H groups in total. The van der Waals surface area contributed by atoms with Gasteiger partial charge in [-0.05, 0) is 79.7 Å². The fraction of sp³-hybridized carbons (Fsp3) is 0.524. The minimum atomic E-state index is -0.113. The molecule has 0 aliphatic heterocycles. The molecule has 0 heterocycles. The fourth-order valence-corrected chi connectivity index (χ4v) is 4.49. The molecule has 0 bridgehead atoms. The van der Waals surface area contributed by atoms with Crippen LogP contribution in [0.15, 0.2) is 48.3 Å². The smallest absolute Gasteiger partial charge is 0.118 e. The number of allylic oxidation sites excluding steroid dienone is 4. The van der Waals surface area contributed by atoms with Crippen LogP contribution in [0.5, 0.6) is 5.75 Å². The number of benzene rings is 1. The molecule has 2 heteroatoms. The topological polar surface area (TPSA) is 20.2 Å². The van der Waals surface area contributed by atoms with E-state index in [2.05, 4.69) is 32.1 Å². The highest BCUT2D eigenvalue weighted by Gasteiger charge is 2.42. The number of halogens is 1. The lowest BCUT2D eigenvalue weighted by Gasteiger charge is -2.46. The van der Waals surface area contributed by atoms with Gasteiger partial charge in [-0.1, -0.05) is 32.1 Å². The summed E-state index contributed by atoms with van der Waals surface area (Å²) in [5, 5.41) is 9.63. The first-order chi connectivity index (χ1) is 11.0. The van der Waals surface area contributed by atoms with Crippen molar-refractivity contribution in [3.8, 4) is 5.75 Å². The second-order valence-corrected chi connectivity index (χ2v) is 7.57. The number of hydrogen-bond acceptors (Lipinski definition) is 1. The molecule has 0 amide bonds. The lowest BCUT2D eigenvalue weighted by Crippen LogP contribution is -2.39. The number of hydrogen-bond donors (Lipinski definition) is 1. The molecule has 0 aromatic heterocycles. The number of aromatic hydroxyl groups is 1. The predicted molar refractivity (Wildman–Crippen MR) is 93.0 cm³/mol. The van der Waals surface area contributed by atoms with Gasteiger partial charge >= 0.3 is 0 Å². The Morgan fingerprint density at radius 3 is 2.30 bits per heavy atom. The third kappa shape index (κ3) is 3.22. The zero-order valence-corrected chi connectivity index (χ0v) is 14.1. The summed E-state index contributed by atoms with van der Waals surface area (Å²) in [6.07, 6.45) is 10.9. The second-order valence-electron chi connectivity index (χ2n) is 7.57. The molecule has 1 unspecified atom stereocenters. The summed E-state index contributed by atoms with van der Waals surface area (Å²) in [4.78, 5) is 0. The Balaban J connectivity index is 1.91. The maximum absolute atomic E-state index is 13.4. The van der Waals surface area contributed by atoms with Crippen LogP contribution in [0.25, 0.3) is 0 Å². The van der Waals surface area contributed by atoms with Crippen molar-refractivity contribution < 1.29 is 9.50 Å². The molecule has 0 saturated heterocycles. The first-order valence-electron chi connectivity index (χ1n) is 8.84. The van der Waals surface area contributed by atoms with Crippen molar-refractivity contribution in [2.75, 3.05) is 0 Å². The van der Waals surface area contributed by atoms with Crippen LogP contribution in [-0.4, -0.2) is 5.11 Å². The van der Waals surface area contributed by atoms with Crippen LogP contribution >= 0.6 is 0 Å². The summed E-state index contributed by atoms with van der Waals surface area (Å²) in [7, 11) is 0. The van der Waals surface area contributed by atoms with E-state index in [-0.39, 0.29) is 11.2 Å². The molecule has 23 heavy (non-hydrogen) atoms. The van der Waals surface area contributed by atoms with E-state index < -0.39 is 0 Å². The van der Waals surface area contributed by atoms with Gasteiger partial charge in [0.1, 0.15) is 11.6 Å². The first kappa shape index (κ1) is 16.3. The summed E-state index contributed by atoms with van der Waals surface area (Å²) in [5.41, 5.74) is 1.37. The molecule has 3 rings (SSSR count). The molecule has 1 nitrogen and oxygen atoms in total. The van der Waals surface area contributed by atoms with Crippen molar-refractivity contribution in [2.24, 2.45) is 17.8 Å². The lowest BCUT2D eigenvalue weighted by molar-refractivity contribution is 0.153. The minimum Gasteiger partial charge on any atom is -0.508 e. The average Bonchev–Trinajstić information content (AvgIpc) is 2.56. The van der Waals surface area contributed by atoms with Crippen molar-refractivity contribution in [3.63, 3.8) is 0 Å². The summed E-state index contributed by atoms with van der Waals surface area (Å²) >= 11 is 0. The van der Waals surface area contributed by atoms with Gasteiger partial charge in [0.05, 0.1) is 0 Å². The summed E-state index contributed by atoms with van der Waals surface area (Å²) < 4.78 is 13.4. The number of phenolic OH excluding ortho intramolecular Hbond substituents is 1. The Bertz CT molecular complexity index is 589. The van der Waals surface area contributed by atoms with Gasteiger partial charge < -0.3 is 5.11 Å². The van der Waals surface area contributed by atoms with E-state index in [0.717, 1.165) is 31.1 Å². The maximum Gasteiger partial charge on any atom is 0.118 e. The molecule has 1 fully saturated rings. The van der Waals surface area contributed by atoms with Crippen molar-refractivity contribution in [3.05, 3.63) is 53.9 Å². The molecule has 0 spiro atoms. The van der Waals surface area contributed by atoms with Gasteiger partial charge in [0.25, 0.3) is 0 Å². The quantitative estimate of drug-likeness (QED) is 0.735. The van der Waals surface area contributed by atoms with Crippen LogP contribution in [0.4, 0.5) is 4.39 Å². The van der Waals surface area contributed by atoms with Gasteiger partial charge in [-0.25, -0.2) is 4.39 Å². The van der Waals surface area contributed by atoms with Gasteiger partial charge in [0.15, 0.2) is 0 Å². The SMILES string of the molecule is CC(C)C1CCC(c2ccc(O)cc2)(C2C=CC(F)=CC2)CC1. The van der Waals surface area contributed by atoms with E-state index in [4.69, 9.17) is 0 Å². The molecular formula is C21H27FO. The monoisotopic (exact) mass is 314 g/mol. The molecule has 124 valence electrons. The van der Waals surface area contributed by atoms with E-state index in [9.17, 15) is 9.50 Å². The van der Waals surface area contributed by atoms with Crippen LogP contribution in [-0.2, 0) is 5.41 Å². The Hall–Kier alpha value is -1.57. The standard InChI is InChI=1S/C21H27FO/c1-15(2)16-11-13-21(14-12-16,17-3-7-19(22)8-4-17)18-5-9-20(23)10-6-18/h3,5-10,15-17,23H,4,11-14H2,1-2H3. The summed E-state index contributed by atoms with van der Waals surface area (Å²) in [5.74, 6) is 2.06. The van der Waals surface area contributed by atoms with Crippen LogP contribution in [0, 0.1) is 17.8 Å². The van der Waals surface area contributed by atoms with E-state index in [1.165, 1.54) is 18.4 Å². The van der Waals surface area contributed by atoms with Crippen LogP contribution in [0.2, 0.25) is 0 Å². The second kappa shape index (κ2) is 6.51. The van der Waals surface area contributed by atoms with Gasteiger partial charge in [-0.15, -0.1) is 0 Å². The van der Waals surface area contributed by atoms with E-state index in [0.29, 0.717) is 11.7 Å². The molecule has 2 aliphatic carbocycles. The highest BCUT2D eigenvalue weighted by Crippen LogP contribution is 2.50. The third-order valence-electron chi connectivity index (χ3n) is 6.07. The Morgan fingerprint density at radius 1 is 1.13 bits per heavy atom. The molecule has 1 atom stereocenters. The highest BCUT2D eigenvalue weighted by atomic mass is 19.1. The fourth-order valence-electron chi connectivity index (χ4n) is 4.49. The molecule has 0 radical (unpaired) electrons. The van der Waals surface area contributed by atoms with Gasteiger partial charge in [-0.3, -0.25) is 0 Å². The molecule has 1 aromatic carbocycles. The number of rotatable bonds is 3. The summed E-state index contributed by atoms with van der Waals surface area (Å²) in [6.45, 7) is 4.63. The zero-order valence-electron chi connectivity index (χ0n) is 14.1. The normalized spacial score (nSPS) is 31.2. The Morgan fingerprint density at radius 2 is 1.78 bits per heavy atom. The minimum absolute atomic E-state index is 0.0762. The van der Waals surface area contributed by atoms with Gasteiger partial charge in [0, 0.05) is 5.41 Å². The van der Waals surface area contributed by atoms with Crippen LogP contribution in [0.3, 0.4) is 0 Å². The molecule has 1 saturated carbocycles. The first-order valence-corrected chi connectivity index (χ1v) is 8.84. The summed E-state index contributed by atoms with van der Waals surface area (Å²) in [6, 6.07) is 7.70. The third-order valence-corrected chi connectivity index (χ3v) is 6.07. The molecule has 1 aromatic rings. The van der Waals surface area contributed by atoms with Gasteiger partial charge in [-0.2, -0.15) is 0 Å². The molecular weight excluding hydrogens is 287 g/mol. The van der Waals surface area contributed by atoms with E-state index in [1.807, 2.05) is 0 Å². The Labute approximate surface area is 138 Å². The largest absolute Gasteiger partial charge is 0.508 e. The van der Waals surface area contributed by atoms with Crippen molar-refractivity contribution >= 4 is 0 Å². The van der Waals surface area contributed by atoms with Crippen molar-refractivity contribution in [1.29, 1.82) is 0 Å². The van der Waals surface area contributed by atoms with Gasteiger partial charge in [0.2, 0.25) is 0 Å². The number of phenols is 1. The van der Waals surface area contributed by atoms with Crippen molar-refractivity contribution in [2.45, 2.75) is 51.4 Å². The zero-order chi connectivity index (χ0) is 16.4. The molecule has 2 aliphatic rings. The average molecular weight is 314 g/mol. The van der Waals surface area contributed by atoms with Crippen molar-refractivity contribution in [1.82, 2.24) is 0 Å². The van der Waals surface area contributed by atoms with E-state index >= 15 is 0 Å². The van der Waals surface area contributed by atoms with E-state index in [1.54, 1.807) is 24.3 Å². The maximum atomic E-state index is 13.4. The Kier molecular flexibility index (Phi) is 4.61. The van der Waals surface area contributed by atoms with Crippen LogP contribution in [0.1, 0.15) is 51.5 Å².